The van der Waals surface area contributed by atoms with Crippen LogP contribution in [0.3, 0.4) is 0 Å². The fraction of sp³-hybridized carbons (Fsp3) is 0.407. The molecule has 170 valence electrons. The van der Waals surface area contributed by atoms with Gasteiger partial charge in [0.25, 0.3) is 0 Å². The summed E-state index contributed by atoms with van der Waals surface area (Å²) < 4.78 is 12.1. The molecular formula is C27H29N3O3. The van der Waals surface area contributed by atoms with E-state index in [1.807, 2.05) is 51.1 Å². The Morgan fingerprint density at radius 2 is 1.91 bits per heavy atom. The second-order valence-electron chi connectivity index (χ2n) is 9.47. The van der Waals surface area contributed by atoms with Gasteiger partial charge < -0.3 is 9.47 Å². The normalized spacial score (nSPS) is 15.7. The van der Waals surface area contributed by atoms with E-state index < -0.39 is 17.7 Å². The van der Waals surface area contributed by atoms with Crippen LogP contribution in [0, 0.1) is 11.3 Å². The van der Waals surface area contributed by atoms with Crippen molar-refractivity contribution in [3.8, 4) is 17.3 Å². The minimum Gasteiger partial charge on any atom is -0.458 e. The molecule has 1 aliphatic rings. The van der Waals surface area contributed by atoms with Gasteiger partial charge in [-0.1, -0.05) is 37.5 Å². The van der Waals surface area contributed by atoms with Crippen molar-refractivity contribution in [2.24, 2.45) is 0 Å². The van der Waals surface area contributed by atoms with Gasteiger partial charge in [-0.05, 0) is 57.9 Å². The molecule has 2 heterocycles. The molecule has 0 N–H and O–H groups in total. The lowest BCUT2D eigenvalue weighted by Gasteiger charge is -2.29. The number of hydrogen-bond acceptors (Lipinski definition) is 6. The lowest BCUT2D eigenvalue weighted by molar-refractivity contribution is -0.174. The minimum atomic E-state index is -0.935. The monoisotopic (exact) mass is 443 g/mol. The first-order valence-electron chi connectivity index (χ1n) is 11.5. The number of rotatable bonds is 5. The van der Waals surface area contributed by atoms with Crippen LogP contribution in [0.5, 0.6) is 0 Å². The average molecular weight is 444 g/mol. The van der Waals surface area contributed by atoms with Crippen LogP contribution in [-0.2, 0) is 14.3 Å². The molecule has 33 heavy (non-hydrogen) atoms. The summed E-state index contributed by atoms with van der Waals surface area (Å²) in [6, 6.07) is 15.1. The van der Waals surface area contributed by atoms with Gasteiger partial charge >= 0.3 is 5.97 Å². The molecule has 3 aromatic rings. The molecule has 1 saturated carbocycles. The van der Waals surface area contributed by atoms with Gasteiger partial charge in [0.2, 0.25) is 0 Å². The number of carbonyl (C=O) groups excluding carboxylic acids is 1. The second-order valence-corrected chi connectivity index (χ2v) is 9.47. The Hall–Kier alpha value is -3.30. The van der Waals surface area contributed by atoms with E-state index in [4.69, 9.17) is 14.5 Å². The molecule has 0 aliphatic heterocycles. The standard InChI is InChI=1S/C27H29N3O3/c1-27(2,3)33-26(31)25(32-21-12-5-4-6-13-21)22-16-20-11-8-14-29-23(20)24(30-22)19-10-7-9-18(15-19)17-28/h7-11,14-16,21,25H,4-6,12-13H2,1-3H3. The van der Waals surface area contributed by atoms with Gasteiger partial charge in [-0.2, -0.15) is 5.26 Å². The van der Waals surface area contributed by atoms with E-state index in [0.29, 0.717) is 22.5 Å². The average Bonchev–Trinajstić information content (AvgIpc) is 2.81. The number of nitrogens with zero attached hydrogens (tertiary/aromatic N) is 3. The second kappa shape index (κ2) is 9.68. The Morgan fingerprint density at radius 1 is 1.12 bits per heavy atom. The highest BCUT2D eigenvalue weighted by molar-refractivity contribution is 5.92. The minimum absolute atomic E-state index is 0.00645. The van der Waals surface area contributed by atoms with Crippen molar-refractivity contribution < 1.29 is 14.3 Å². The molecule has 1 unspecified atom stereocenters. The predicted molar refractivity (Wildman–Crippen MR) is 126 cm³/mol. The highest BCUT2D eigenvalue weighted by atomic mass is 16.6. The molecule has 0 radical (unpaired) electrons. The summed E-state index contributed by atoms with van der Waals surface area (Å²) in [6.07, 6.45) is 5.99. The molecule has 6 nitrogen and oxygen atoms in total. The van der Waals surface area contributed by atoms with Gasteiger partial charge in [0.15, 0.2) is 6.10 Å². The van der Waals surface area contributed by atoms with Gasteiger partial charge in [-0.25, -0.2) is 9.78 Å². The van der Waals surface area contributed by atoms with E-state index >= 15 is 0 Å². The molecule has 0 saturated heterocycles. The maximum Gasteiger partial charge on any atom is 0.342 e. The zero-order valence-electron chi connectivity index (χ0n) is 19.4. The van der Waals surface area contributed by atoms with Crippen molar-refractivity contribution in [1.82, 2.24) is 9.97 Å². The van der Waals surface area contributed by atoms with E-state index in [1.54, 1.807) is 18.3 Å². The van der Waals surface area contributed by atoms with E-state index in [-0.39, 0.29) is 6.10 Å². The van der Waals surface area contributed by atoms with Crippen LogP contribution in [0.25, 0.3) is 22.2 Å². The maximum atomic E-state index is 13.3. The molecule has 2 aromatic heterocycles. The molecule has 6 heteroatoms. The van der Waals surface area contributed by atoms with Crippen LogP contribution < -0.4 is 0 Å². The summed E-state index contributed by atoms with van der Waals surface area (Å²) in [5.74, 6) is -0.444. The first-order valence-corrected chi connectivity index (χ1v) is 11.5. The maximum absolute atomic E-state index is 13.3. The van der Waals surface area contributed by atoms with Gasteiger partial charge in [0.05, 0.1) is 34.6 Å². The van der Waals surface area contributed by atoms with Crippen LogP contribution in [0.4, 0.5) is 0 Å². The van der Waals surface area contributed by atoms with Crippen molar-refractivity contribution >= 4 is 16.9 Å². The van der Waals surface area contributed by atoms with Crippen LogP contribution in [-0.4, -0.2) is 27.6 Å². The lowest BCUT2D eigenvalue weighted by atomic mass is 9.97. The van der Waals surface area contributed by atoms with Crippen LogP contribution in [0.1, 0.15) is 70.2 Å². The topological polar surface area (TPSA) is 85.1 Å². The highest BCUT2D eigenvalue weighted by Crippen LogP contribution is 2.33. The number of benzene rings is 1. The summed E-state index contributed by atoms with van der Waals surface area (Å²) in [7, 11) is 0. The Labute approximate surface area is 194 Å². The Kier molecular flexibility index (Phi) is 6.71. The van der Waals surface area contributed by atoms with Crippen molar-refractivity contribution in [3.05, 3.63) is 59.9 Å². The van der Waals surface area contributed by atoms with E-state index in [1.165, 1.54) is 6.42 Å². The van der Waals surface area contributed by atoms with Gasteiger partial charge in [0, 0.05) is 17.1 Å². The first kappa shape index (κ1) is 22.9. The fourth-order valence-electron chi connectivity index (χ4n) is 4.17. The van der Waals surface area contributed by atoms with E-state index in [9.17, 15) is 10.1 Å². The third-order valence-corrected chi connectivity index (χ3v) is 5.64. The van der Waals surface area contributed by atoms with Crippen molar-refractivity contribution in [3.63, 3.8) is 0 Å². The number of ether oxygens (including phenoxy) is 2. The quantitative estimate of drug-likeness (QED) is 0.456. The first-order chi connectivity index (χ1) is 15.8. The number of hydrogen-bond donors (Lipinski definition) is 0. The zero-order chi connectivity index (χ0) is 23.4. The van der Waals surface area contributed by atoms with Gasteiger partial charge in [0.1, 0.15) is 5.60 Å². The van der Waals surface area contributed by atoms with Crippen molar-refractivity contribution in [1.29, 1.82) is 5.26 Å². The Morgan fingerprint density at radius 3 is 2.64 bits per heavy atom. The molecule has 1 fully saturated rings. The Balaban J connectivity index is 1.82. The number of aromatic nitrogens is 2. The molecule has 0 spiro atoms. The number of pyridine rings is 2. The third kappa shape index (κ3) is 5.55. The van der Waals surface area contributed by atoms with Crippen LogP contribution in [0.2, 0.25) is 0 Å². The largest absolute Gasteiger partial charge is 0.458 e. The van der Waals surface area contributed by atoms with Crippen molar-refractivity contribution in [2.75, 3.05) is 0 Å². The molecule has 4 rings (SSSR count). The number of fused-ring (bicyclic) bond motifs is 1. The predicted octanol–water partition coefficient (Wildman–Crippen LogP) is 5.90. The summed E-state index contributed by atoms with van der Waals surface area (Å²) in [4.78, 5) is 22.7. The fourth-order valence-corrected chi connectivity index (χ4v) is 4.17. The van der Waals surface area contributed by atoms with E-state index in [2.05, 4.69) is 11.1 Å². The molecular weight excluding hydrogens is 414 g/mol. The number of nitriles is 1. The SMILES string of the molecule is CC(C)(C)OC(=O)C(OC1CCCCC1)c1cc2cccnc2c(-c2cccc(C#N)c2)n1. The van der Waals surface area contributed by atoms with Crippen LogP contribution >= 0.6 is 0 Å². The van der Waals surface area contributed by atoms with Crippen LogP contribution in [0.15, 0.2) is 48.7 Å². The third-order valence-electron chi connectivity index (χ3n) is 5.64. The Bertz CT molecular complexity index is 1190. The summed E-state index contributed by atoms with van der Waals surface area (Å²) in [6.45, 7) is 5.54. The number of carbonyl (C=O) groups is 1. The molecule has 0 bridgehead atoms. The summed E-state index contributed by atoms with van der Waals surface area (Å²) >= 11 is 0. The van der Waals surface area contributed by atoms with Gasteiger partial charge in [-0.15, -0.1) is 0 Å². The molecule has 1 atom stereocenters. The zero-order valence-corrected chi connectivity index (χ0v) is 19.4. The summed E-state index contributed by atoms with van der Waals surface area (Å²) in [5, 5.41) is 10.2. The smallest absolute Gasteiger partial charge is 0.342 e. The number of esters is 1. The molecule has 0 amide bonds. The highest BCUT2D eigenvalue weighted by Gasteiger charge is 2.32. The van der Waals surface area contributed by atoms with Crippen molar-refractivity contribution in [2.45, 2.75) is 70.7 Å². The van der Waals surface area contributed by atoms with E-state index in [0.717, 1.165) is 36.6 Å². The van der Waals surface area contributed by atoms with Gasteiger partial charge in [-0.3, -0.25) is 4.98 Å². The molecule has 1 aliphatic carbocycles. The molecule has 1 aromatic carbocycles. The lowest BCUT2D eigenvalue weighted by Crippen LogP contribution is -2.32. The summed E-state index contributed by atoms with van der Waals surface area (Å²) in [5.41, 5.74) is 2.46.